The first-order valence-electron chi connectivity index (χ1n) is 11.0. The third-order valence-corrected chi connectivity index (χ3v) is 4.05. The third kappa shape index (κ3) is 18.1. The van der Waals surface area contributed by atoms with E-state index >= 15 is 0 Å². The summed E-state index contributed by atoms with van der Waals surface area (Å²) in [5.74, 6) is 0.415. The molecule has 0 aliphatic carbocycles. The monoisotopic (exact) mass is 472 g/mol. The molecular formula is C23H36O10. The Balaban J connectivity index is 1.71. The van der Waals surface area contributed by atoms with E-state index < -0.39 is 0 Å². The lowest BCUT2D eigenvalue weighted by Gasteiger charge is -2.09. The van der Waals surface area contributed by atoms with Gasteiger partial charge >= 0.3 is 5.97 Å². The molecule has 10 nitrogen and oxygen atoms in total. The van der Waals surface area contributed by atoms with Crippen molar-refractivity contribution < 1.29 is 47.5 Å². The number of carbonyl (C=O) groups is 2. The van der Waals surface area contributed by atoms with E-state index in [1.165, 1.54) is 7.11 Å². The van der Waals surface area contributed by atoms with Gasteiger partial charge in [0, 0.05) is 5.56 Å². The van der Waals surface area contributed by atoms with E-state index in [1.54, 1.807) is 24.3 Å². The molecule has 0 amide bonds. The van der Waals surface area contributed by atoms with Gasteiger partial charge in [0.1, 0.15) is 18.6 Å². The Bertz CT molecular complexity index is 593. The Morgan fingerprint density at radius 1 is 0.636 bits per heavy atom. The molecule has 0 bridgehead atoms. The summed E-state index contributed by atoms with van der Waals surface area (Å²) in [6.45, 7) is 5.96. The first-order valence-corrected chi connectivity index (χ1v) is 11.0. The summed E-state index contributed by atoms with van der Waals surface area (Å²) in [6, 6.07) is 6.91. The van der Waals surface area contributed by atoms with Crippen molar-refractivity contribution in [2.45, 2.75) is 6.42 Å². The van der Waals surface area contributed by atoms with Gasteiger partial charge < -0.3 is 37.9 Å². The van der Waals surface area contributed by atoms with E-state index in [0.717, 1.165) is 6.29 Å². The molecule has 0 atom stereocenters. The fourth-order valence-corrected chi connectivity index (χ4v) is 2.32. The van der Waals surface area contributed by atoms with Gasteiger partial charge in [-0.2, -0.15) is 0 Å². The van der Waals surface area contributed by atoms with E-state index in [4.69, 9.17) is 33.2 Å². The lowest BCUT2D eigenvalue weighted by atomic mass is 10.2. The number of esters is 1. The smallest absolute Gasteiger partial charge is 0.307 e. The predicted molar refractivity (Wildman–Crippen MR) is 119 cm³/mol. The van der Waals surface area contributed by atoms with Gasteiger partial charge in [-0.1, -0.05) is 0 Å². The van der Waals surface area contributed by atoms with Crippen molar-refractivity contribution in [2.75, 3.05) is 93.0 Å². The van der Waals surface area contributed by atoms with Gasteiger partial charge in [0.25, 0.3) is 0 Å². The number of hydrogen-bond donors (Lipinski definition) is 0. The molecule has 0 saturated carbocycles. The van der Waals surface area contributed by atoms with Crippen molar-refractivity contribution in [3.05, 3.63) is 29.8 Å². The normalized spacial score (nSPS) is 10.8. The van der Waals surface area contributed by atoms with Crippen LogP contribution in [0, 0.1) is 0 Å². The van der Waals surface area contributed by atoms with Gasteiger partial charge in [-0.15, -0.1) is 0 Å². The summed E-state index contributed by atoms with van der Waals surface area (Å²) in [4.78, 5) is 21.5. The molecule has 0 saturated heterocycles. The highest BCUT2D eigenvalue weighted by Crippen LogP contribution is 2.10. The van der Waals surface area contributed by atoms with Gasteiger partial charge in [-0.25, -0.2) is 0 Å². The highest BCUT2D eigenvalue weighted by molar-refractivity contribution is 5.74. The summed E-state index contributed by atoms with van der Waals surface area (Å²) in [5.41, 5.74) is 0.616. The number of aldehydes is 1. The van der Waals surface area contributed by atoms with Crippen LogP contribution in [-0.2, 0) is 38.0 Å². The van der Waals surface area contributed by atoms with Gasteiger partial charge in [-0.05, 0) is 24.3 Å². The van der Waals surface area contributed by atoms with Crippen LogP contribution in [0.25, 0.3) is 0 Å². The molecule has 0 aliphatic heterocycles. The number of methoxy groups -OCH3 is 1. The maximum atomic E-state index is 10.9. The second-order valence-corrected chi connectivity index (χ2v) is 6.54. The van der Waals surface area contributed by atoms with E-state index in [-0.39, 0.29) is 12.4 Å². The molecule has 33 heavy (non-hydrogen) atoms. The first kappa shape index (κ1) is 29.0. The van der Waals surface area contributed by atoms with Crippen LogP contribution >= 0.6 is 0 Å². The van der Waals surface area contributed by atoms with Crippen molar-refractivity contribution in [2.24, 2.45) is 0 Å². The number of carbonyl (C=O) groups excluding carboxylic acids is 2. The molecule has 1 aromatic carbocycles. The predicted octanol–water partition coefficient (Wildman–Crippen LogP) is 1.54. The first-order chi connectivity index (χ1) is 16.3. The Morgan fingerprint density at radius 3 is 1.42 bits per heavy atom. The SMILES string of the molecule is COC(=O)CCOCCOCCOCCOCCOCCOCCOc1ccc(C=O)cc1. The van der Waals surface area contributed by atoms with Crippen molar-refractivity contribution in [1.82, 2.24) is 0 Å². The lowest BCUT2D eigenvalue weighted by Crippen LogP contribution is -2.15. The molecule has 0 aliphatic rings. The summed E-state index contributed by atoms with van der Waals surface area (Å²) < 4.78 is 42.3. The van der Waals surface area contributed by atoms with Crippen LogP contribution in [0.1, 0.15) is 16.8 Å². The summed E-state index contributed by atoms with van der Waals surface area (Å²) in [6.07, 6.45) is 1.04. The number of rotatable bonds is 23. The molecular weight excluding hydrogens is 436 g/mol. The molecule has 0 aromatic heterocycles. The number of benzene rings is 1. The van der Waals surface area contributed by atoms with E-state index in [1.807, 2.05) is 0 Å². The minimum Gasteiger partial charge on any atom is -0.491 e. The van der Waals surface area contributed by atoms with E-state index in [9.17, 15) is 9.59 Å². The van der Waals surface area contributed by atoms with Crippen LogP contribution in [0.5, 0.6) is 5.75 Å². The lowest BCUT2D eigenvalue weighted by molar-refractivity contribution is -0.141. The molecule has 188 valence electrons. The second-order valence-electron chi connectivity index (χ2n) is 6.54. The van der Waals surface area contributed by atoms with Crippen LogP contribution in [0.3, 0.4) is 0 Å². The third-order valence-electron chi connectivity index (χ3n) is 4.05. The van der Waals surface area contributed by atoms with Crippen LogP contribution in [-0.4, -0.2) is 105 Å². The minimum absolute atomic E-state index is 0.245. The average Bonchev–Trinajstić information content (AvgIpc) is 2.85. The van der Waals surface area contributed by atoms with Gasteiger partial charge in [0.05, 0.1) is 92.8 Å². The maximum Gasteiger partial charge on any atom is 0.307 e. The number of hydrogen-bond acceptors (Lipinski definition) is 10. The molecule has 0 spiro atoms. The molecule has 0 radical (unpaired) electrons. The van der Waals surface area contributed by atoms with Crippen LogP contribution < -0.4 is 4.74 Å². The Kier molecular flexibility index (Phi) is 19.1. The van der Waals surface area contributed by atoms with Gasteiger partial charge in [-0.3, -0.25) is 9.59 Å². The molecule has 10 heteroatoms. The topological polar surface area (TPSA) is 108 Å². The maximum absolute atomic E-state index is 10.9. The molecule has 1 rings (SSSR count). The van der Waals surface area contributed by atoms with E-state index in [2.05, 4.69) is 4.74 Å². The summed E-state index contributed by atoms with van der Waals surface area (Å²) >= 11 is 0. The van der Waals surface area contributed by atoms with Crippen LogP contribution in [0.4, 0.5) is 0 Å². The Morgan fingerprint density at radius 2 is 1.03 bits per heavy atom. The molecule has 1 aromatic rings. The Labute approximate surface area is 195 Å². The highest BCUT2D eigenvalue weighted by Gasteiger charge is 1.99. The summed E-state index contributed by atoms with van der Waals surface area (Å²) in [5, 5.41) is 0. The van der Waals surface area contributed by atoms with Crippen molar-refractivity contribution >= 4 is 12.3 Å². The second kappa shape index (κ2) is 21.7. The quantitative estimate of drug-likeness (QED) is 0.132. The fraction of sp³-hybridized carbons (Fsp3) is 0.652. The van der Waals surface area contributed by atoms with E-state index in [0.29, 0.717) is 97.2 Å². The van der Waals surface area contributed by atoms with Crippen molar-refractivity contribution in [3.63, 3.8) is 0 Å². The Hall–Kier alpha value is -2.08. The van der Waals surface area contributed by atoms with Gasteiger partial charge in [0.2, 0.25) is 0 Å². The minimum atomic E-state index is -0.287. The summed E-state index contributed by atoms with van der Waals surface area (Å²) in [7, 11) is 1.35. The highest BCUT2D eigenvalue weighted by atomic mass is 16.6. The van der Waals surface area contributed by atoms with Crippen LogP contribution in [0.15, 0.2) is 24.3 Å². The number of ether oxygens (including phenoxy) is 8. The van der Waals surface area contributed by atoms with Crippen molar-refractivity contribution in [3.8, 4) is 5.75 Å². The standard InChI is InChI=1S/C23H36O10/c1-26-23(25)6-7-27-8-9-28-10-11-29-12-13-30-14-15-31-16-17-32-18-19-33-22-4-2-21(20-24)3-5-22/h2-5,20H,6-19H2,1H3. The zero-order valence-corrected chi connectivity index (χ0v) is 19.4. The fourth-order valence-electron chi connectivity index (χ4n) is 2.32. The molecule has 0 unspecified atom stereocenters. The van der Waals surface area contributed by atoms with Crippen LogP contribution in [0.2, 0.25) is 0 Å². The zero-order valence-electron chi connectivity index (χ0n) is 19.4. The molecule has 0 heterocycles. The van der Waals surface area contributed by atoms with Crippen molar-refractivity contribution in [1.29, 1.82) is 0 Å². The average molecular weight is 473 g/mol. The zero-order chi connectivity index (χ0) is 23.8. The molecule has 0 N–H and O–H groups in total. The molecule has 0 fully saturated rings. The van der Waals surface area contributed by atoms with Gasteiger partial charge in [0.15, 0.2) is 0 Å². The largest absolute Gasteiger partial charge is 0.491 e.